The summed E-state index contributed by atoms with van der Waals surface area (Å²) < 4.78 is 86.0. The zero-order chi connectivity index (χ0) is 29.2. The van der Waals surface area contributed by atoms with E-state index < -0.39 is 73.3 Å². The van der Waals surface area contributed by atoms with E-state index in [9.17, 15) is 0 Å². The van der Waals surface area contributed by atoms with E-state index in [2.05, 4.69) is 0 Å². The summed E-state index contributed by atoms with van der Waals surface area (Å²) in [5, 5.41) is 0. The third kappa shape index (κ3) is 5.62. The molecule has 0 amide bonds. The molecular weight excluding hydrogens is 705 g/mol. The van der Waals surface area contributed by atoms with Crippen LogP contribution < -0.4 is 0 Å². The van der Waals surface area contributed by atoms with Crippen LogP contribution >= 0.6 is 0 Å². The molecule has 12 nitrogen and oxygen atoms in total. The smallest absolute Gasteiger partial charge is 0.373 e. The topological polar surface area (TPSA) is 111 Å². The Labute approximate surface area is 272 Å². The van der Waals surface area contributed by atoms with Crippen molar-refractivity contribution >= 4 is 73.3 Å². The van der Waals surface area contributed by atoms with Gasteiger partial charge in [-0.15, -0.1) is 0 Å². The molecule has 10 aliphatic rings. The van der Waals surface area contributed by atoms with Crippen LogP contribution in [0.2, 0.25) is 22.2 Å². The van der Waals surface area contributed by atoms with E-state index in [-0.39, 0.29) is 22.2 Å². The van der Waals surface area contributed by atoms with Gasteiger partial charge < -0.3 is 49.4 Å². The van der Waals surface area contributed by atoms with E-state index >= 15 is 0 Å². The third-order valence-electron chi connectivity index (χ3n) is 11.1. The molecule has 0 aromatic heterocycles. The summed E-state index contributed by atoms with van der Waals surface area (Å²) >= 11 is 0. The Hall–Kier alpha value is 1.26. The van der Waals surface area contributed by atoms with Crippen LogP contribution in [0.1, 0.15) is 128 Å². The predicted molar refractivity (Wildman–Crippen MR) is 166 cm³/mol. The van der Waals surface area contributed by atoms with E-state index in [0.717, 1.165) is 103 Å². The van der Waals surface area contributed by atoms with Crippen molar-refractivity contribution in [2.24, 2.45) is 0 Å². The van der Waals surface area contributed by atoms with Crippen molar-refractivity contribution in [3.8, 4) is 0 Å². The molecule has 0 aromatic rings. The van der Waals surface area contributed by atoms with Crippen LogP contribution in [0, 0.1) is 0 Å². The fourth-order valence-corrected chi connectivity index (χ4v) is 46.6. The highest BCUT2D eigenvalue weighted by Crippen LogP contribution is 2.57. The van der Waals surface area contributed by atoms with Crippen LogP contribution in [0.15, 0.2) is 0 Å². The number of hydrogen-bond acceptors (Lipinski definition) is 12. The second kappa shape index (κ2) is 12.5. The molecule has 4 aliphatic carbocycles. The van der Waals surface area contributed by atoms with Crippen molar-refractivity contribution in [3.05, 3.63) is 0 Å². The summed E-state index contributed by atoms with van der Waals surface area (Å²) in [6.07, 6.45) is 21.6. The second-order valence-electron chi connectivity index (χ2n) is 14.0. The van der Waals surface area contributed by atoms with Gasteiger partial charge in [0.05, 0.1) is 0 Å². The van der Waals surface area contributed by atoms with Crippen LogP contribution in [-0.4, -0.2) is 73.3 Å². The Morgan fingerprint density at radius 3 is 0.705 bits per heavy atom. The number of hydrogen-bond donors (Lipinski definition) is 0. The minimum absolute atomic E-state index is 0.0911. The molecule has 0 N–H and O–H groups in total. The molecule has 6 heterocycles. The van der Waals surface area contributed by atoms with E-state index in [4.69, 9.17) is 49.4 Å². The molecule has 0 unspecified atom stereocenters. The monoisotopic (exact) mass is 748 g/mol. The quantitative estimate of drug-likeness (QED) is 0.349. The van der Waals surface area contributed by atoms with Gasteiger partial charge in [-0.1, -0.05) is 77.0 Å². The summed E-state index contributed by atoms with van der Waals surface area (Å²) in [6, 6.07) is 0. The highest BCUT2D eigenvalue weighted by molar-refractivity contribution is 6.97. The first-order valence-corrected chi connectivity index (χ1v) is 29.4. The molecular formula is C24H44O12Si8. The van der Waals surface area contributed by atoms with Gasteiger partial charge in [-0.05, 0) is 51.4 Å². The SMILES string of the molecule is C1CCC([Si]23O[Si]4O[Si]5O[Si]6O[Si](O4)O[Si](C4CCCCC4)(O2)O[Si](C2CCCCC2)(O6)O[Si](C2CCCCC2)(O5)O3)CC1. The van der Waals surface area contributed by atoms with Crippen molar-refractivity contribution < 1.29 is 49.4 Å². The summed E-state index contributed by atoms with van der Waals surface area (Å²) in [5.74, 6) is 0. The van der Waals surface area contributed by atoms with Crippen molar-refractivity contribution in [2.45, 2.75) is 151 Å². The molecule has 244 valence electrons. The van der Waals surface area contributed by atoms with E-state index in [1.54, 1.807) is 0 Å². The van der Waals surface area contributed by atoms with Crippen molar-refractivity contribution in [3.63, 3.8) is 0 Å². The van der Waals surface area contributed by atoms with Gasteiger partial charge in [-0.3, -0.25) is 0 Å². The lowest BCUT2D eigenvalue weighted by molar-refractivity contribution is -0.0149. The molecule has 6 aliphatic heterocycles. The lowest BCUT2D eigenvalue weighted by Crippen LogP contribution is -2.83. The molecule has 44 heavy (non-hydrogen) atoms. The maximum atomic E-state index is 7.75. The van der Waals surface area contributed by atoms with Gasteiger partial charge in [-0.25, -0.2) is 0 Å². The maximum Gasteiger partial charge on any atom is 0.553 e. The predicted octanol–water partition coefficient (Wildman–Crippen LogP) is 5.29. The minimum Gasteiger partial charge on any atom is -0.373 e. The Morgan fingerprint density at radius 1 is 0.295 bits per heavy atom. The van der Waals surface area contributed by atoms with Crippen LogP contribution in [0.25, 0.3) is 0 Å². The zero-order valence-corrected chi connectivity index (χ0v) is 33.4. The molecule has 0 spiro atoms. The van der Waals surface area contributed by atoms with Gasteiger partial charge in [0.1, 0.15) is 0 Å². The molecule has 0 atom stereocenters. The average molecular weight is 749 g/mol. The zero-order valence-electron chi connectivity index (χ0n) is 25.4. The van der Waals surface area contributed by atoms with Crippen LogP contribution in [0.4, 0.5) is 0 Å². The van der Waals surface area contributed by atoms with E-state index in [1.807, 2.05) is 0 Å². The standard InChI is InChI=1S/C24H44O12Si8/c1-5-13-21(14-6-1)41-29-37-25-38-27-40-28-39(26-37)31-43(34-41,23-17-9-3-10-18-23)36-44(32-40,24-19-11-4-12-20-24)35-42(30-38,33-41)22-15-7-2-8-16-22/h21-24H,1-20H2. The molecule has 0 aromatic carbocycles. The summed E-state index contributed by atoms with van der Waals surface area (Å²) in [4.78, 5) is 0. The second-order valence-corrected chi connectivity index (χ2v) is 33.9. The molecule has 20 heteroatoms. The molecule has 8 bridgehead atoms. The summed E-state index contributed by atoms with van der Waals surface area (Å²) in [6.45, 7) is 0. The normalized spacial score (nSPS) is 44.7. The van der Waals surface area contributed by atoms with Gasteiger partial charge in [0.15, 0.2) is 0 Å². The lowest BCUT2D eigenvalue weighted by Gasteiger charge is -2.60. The first-order chi connectivity index (χ1) is 21.6. The average Bonchev–Trinajstić information content (AvgIpc) is 3.01. The Kier molecular flexibility index (Phi) is 8.91. The maximum absolute atomic E-state index is 7.75. The highest BCUT2D eigenvalue weighted by Gasteiger charge is 2.79. The van der Waals surface area contributed by atoms with Crippen LogP contribution in [0.5, 0.6) is 0 Å². The van der Waals surface area contributed by atoms with Crippen LogP contribution in [0.3, 0.4) is 0 Å². The molecule has 6 saturated heterocycles. The van der Waals surface area contributed by atoms with Gasteiger partial charge in [0.2, 0.25) is 0 Å². The van der Waals surface area contributed by atoms with Gasteiger partial charge in [-0.2, -0.15) is 0 Å². The van der Waals surface area contributed by atoms with E-state index in [0.29, 0.717) is 0 Å². The van der Waals surface area contributed by atoms with Crippen molar-refractivity contribution in [1.29, 1.82) is 0 Å². The van der Waals surface area contributed by atoms with E-state index in [1.165, 1.54) is 25.7 Å². The largest absolute Gasteiger partial charge is 0.553 e. The first kappa shape index (κ1) is 31.3. The van der Waals surface area contributed by atoms with Crippen molar-refractivity contribution in [1.82, 2.24) is 0 Å². The minimum atomic E-state index is -3.63. The molecule has 4 radical (unpaired) electrons. The highest BCUT2D eigenvalue weighted by atomic mass is 28.6. The third-order valence-corrected chi connectivity index (χ3v) is 39.1. The summed E-state index contributed by atoms with van der Waals surface area (Å²) in [7, 11) is -24.2. The van der Waals surface area contributed by atoms with Crippen LogP contribution in [-0.2, 0) is 49.4 Å². The Bertz CT molecular complexity index is 867. The molecule has 4 saturated carbocycles. The molecule has 10 fully saturated rings. The fraction of sp³-hybridized carbons (Fsp3) is 1.00. The Balaban J connectivity index is 1.26. The van der Waals surface area contributed by atoms with Gasteiger partial charge in [0.25, 0.3) is 0 Å². The summed E-state index contributed by atoms with van der Waals surface area (Å²) in [5.41, 5.74) is 0.365. The first-order valence-electron chi connectivity index (χ1n) is 17.3. The Morgan fingerprint density at radius 2 is 0.500 bits per heavy atom. The number of rotatable bonds is 4. The fourth-order valence-electron chi connectivity index (χ4n) is 8.85. The van der Waals surface area contributed by atoms with Crippen molar-refractivity contribution in [2.75, 3.05) is 0 Å². The van der Waals surface area contributed by atoms with Gasteiger partial charge in [0, 0.05) is 22.2 Å². The molecule has 10 rings (SSSR count). The lowest BCUT2D eigenvalue weighted by atomic mass is 10.0. The van der Waals surface area contributed by atoms with Gasteiger partial charge >= 0.3 is 73.3 Å².